The second-order valence-corrected chi connectivity index (χ2v) is 6.64. The van der Waals surface area contributed by atoms with E-state index >= 15 is 0 Å². The third-order valence-electron chi connectivity index (χ3n) is 4.18. The summed E-state index contributed by atoms with van der Waals surface area (Å²) < 4.78 is 26.4. The fraction of sp³-hybridized carbons (Fsp3) is 0.429. The number of amides is 1. The Morgan fingerprint density at radius 2 is 2.00 bits per heavy atom. The highest BCUT2D eigenvalue weighted by Crippen LogP contribution is 2.59. The molecule has 2 atom stereocenters. The van der Waals surface area contributed by atoms with Crippen LogP contribution in [0.2, 0.25) is 0 Å². The number of hydrogen-bond donors (Lipinski definition) is 1. The first kappa shape index (κ1) is 14.4. The van der Waals surface area contributed by atoms with Gasteiger partial charge in [-0.3, -0.25) is 4.79 Å². The maximum atomic E-state index is 13.2. The van der Waals surface area contributed by atoms with Crippen LogP contribution in [-0.2, 0) is 4.79 Å². The van der Waals surface area contributed by atoms with E-state index in [2.05, 4.69) is 20.3 Å². The van der Waals surface area contributed by atoms with Gasteiger partial charge < -0.3 is 10.2 Å². The van der Waals surface area contributed by atoms with E-state index in [1.807, 2.05) is 0 Å². The highest BCUT2D eigenvalue weighted by Gasteiger charge is 2.71. The molecular weight excluding hydrogens is 324 g/mol. The molecule has 0 aromatic carbocycles. The fourth-order valence-electron chi connectivity index (χ4n) is 2.91. The van der Waals surface area contributed by atoms with Crippen molar-refractivity contribution >= 4 is 29.0 Å². The summed E-state index contributed by atoms with van der Waals surface area (Å²) in [5.41, 5.74) is 0.727. The van der Waals surface area contributed by atoms with Crippen LogP contribution in [0.1, 0.15) is 6.92 Å². The van der Waals surface area contributed by atoms with E-state index in [0.29, 0.717) is 29.9 Å². The summed E-state index contributed by atoms with van der Waals surface area (Å²) >= 11 is 1.37. The minimum absolute atomic E-state index is 0.183. The quantitative estimate of drug-likeness (QED) is 0.930. The van der Waals surface area contributed by atoms with Gasteiger partial charge in [-0.25, -0.2) is 23.7 Å². The maximum absolute atomic E-state index is 13.2. The van der Waals surface area contributed by atoms with Gasteiger partial charge in [-0.2, -0.15) is 0 Å². The summed E-state index contributed by atoms with van der Waals surface area (Å²) in [6, 6.07) is 0. The summed E-state index contributed by atoms with van der Waals surface area (Å²) in [6.45, 7) is 2.03. The van der Waals surface area contributed by atoms with Crippen molar-refractivity contribution in [1.82, 2.24) is 15.0 Å². The Hall–Kier alpha value is -2.16. The van der Waals surface area contributed by atoms with Crippen LogP contribution >= 0.6 is 11.3 Å². The van der Waals surface area contributed by atoms with Crippen molar-refractivity contribution in [1.29, 1.82) is 0 Å². The molecule has 9 heteroatoms. The molecule has 1 saturated carbocycles. The van der Waals surface area contributed by atoms with E-state index in [1.54, 1.807) is 22.7 Å². The van der Waals surface area contributed by atoms with Crippen LogP contribution in [0.25, 0.3) is 10.6 Å². The van der Waals surface area contributed by atoms with Crippen LogP contribution in [0, 0.1) is 11.8 Å². The van der Waals surface area contributed by atoms with Gasteiger partial charge in [-0.05, 0) is 0 Å². The second-order valence-electron chi connectivity index (χ2n) is 5.78. The number of carbonyl (C=O) groups excluding carboxylic acids is 1. The number of thiazole rings is 1. The molecular formula is C14H13F2N5OS. The van der Waals surface area contributed by atoms with Gasteiger partial charge in [0, 0.05) is 43.4 Å². The van der Waals surface area contributed by atoms with Gasteiger partial charge in [0.25, 0.3) is 5.92 Å². The van der Waals surface area contributed by atoms with Crippen LogP contribution in [0.15, 0.2) is 17.8 Å². The first-order chi connectivity index (χ1) is 10.9. The number of halogens is 2. The number of hydrogen-bond acceptors (Lipinski definition) is 6. The van der Waals surface area contributed by atoms with Crippen LogP contribution in [0.4, 0.5) is 20.5 Å². The van der Waals surface area contributed by atoms with Gasteiger partial charge in [0.1, 0.15) is 10.8 Å². The minimum atomic E-state index is -2.50. The number of fused-ring (bicyclic) bond motifs is 1. The van der Waals surface area contributed by atoms with Crippen molar-refractivity contribution < 1.29 is 13.6 Å². The zero-order valence-corrected chi connectivity index (χ0v) is 13.0. The van der Waals surface area contributed by atoms with Crippen LogP contribution in [0.5, 0.6) is 0 Å². The number of carbonyl (C=O) groups is 1. The van der Waals surface area contributed by atoms with E-state index in [4.69, 9.17) is 0 Å². The second kappa shape index (κ2) is 4.92. The van der Waals surface area contributed by atoms with Gasteiger partial charge in [0.2, 0.25) is 11.9 Å². The van der Waals surface area contributed by atoms with Crippen molar-refractivity contribution in [3.63, 3.8) is 0 Å². The first-order valence-corrected chi connectivity index (χ1v) is 8.01. The first-order valence-electron chi connectivity index (χ1n) is 7.13. The Morgan fingerprint density at radius 1 is 1.35 bits per heavy atom. The normalized spacial score (nSPS) is 24.4. The summed E-state index contributed by atoms with van der Waals surface area (Å²) in [5, 5.41) is 5.04. The van der Waals surface area contributed by atoms with Crippen LogP contribution in [-0.4, -0.2) is 39.9 Å². The molecule has 0 radical (unpaired) electrons. The SMILES string of the molecule is CC(=O)Nc1csc(-c2cnc(N3CC4C(C3)C4(F)F)nc2)n1. The van der Waals surface area contributed by atoms with Crippen LogP contribution in [0.3, 0.4) is 0 Å². The predicted octanol–water partition coefficient (Wildman–Crippen LogP) is 2.26. The molecule has 2 fully saturated rings. The number of aromatic nitrogens is 3. The summed E-state index contributed by atoms with van der Waals surface area (Å²) in [7, 11) is 0. The molecule has 6 nitrogen and oxygen atoms in total. The van der Waals surface area contributed by atoms with Crippen molar-refractivity contribution in [3.8, 4) is 10.6 Å². The lowest BCUT2D eigenvalue weighted by atomic mass is 10.3. The summed E-state index contributed by atoms with van der Waals surface area (Å²) in [6.07, 6.45) is 3.25. The Bertz CT molecular complexity index is 749. The molecule has 0 bridgehead atoms. The highest BCUT2D eigenvalue weighted by molar-refractivity contribution is 7.13. The molecule has 23 heavy (non-hydrogen) atoms. The molecule has 4 rings (SSSR count). The van der Waals surface area contributed by atoms with Crippen molar-refractivity contribution in [2.24, 2.45) is 11.8 Å². The smallest absolute Gasteiger partial charge is 0.258 e. The number of nitrogens with zero attached hydrogens (tertiary/aromatic N) is 4. The summed E-state index contributed by atoms with van der Waals surface area (Å²) in [4.78, 5) is 25.6. The predicted molar refractivity (Wildman–Crippen MR) is 81.6 cm³/mol. The molecule has 0 spiro atoms. The molecule has 120 valence electrons. The number of nitrogens with one attached hydrogen (secondary N) is 1. The Balaban J connectivity index is 1.46. The molecule has 1 N–H and O–H groups in total. The van der Waals surface area contributed by atoms with E-state index < -0.39 is 17.8 Å². The van der Waals surface area contributed by atoms with E-state index in [1.165, 1.54) is 18.3 Å². The average Bonchev–Trinajstić information content (AvgIpc) is 2.98. The monoisotopic (exact) mass is 337 g/mol. The third kappa shape index (κ3) is 2.44. The van der Waals surface area contributed by atoms with E-state index in [0.717, 1.165) is 5.56 Å². The molecule has 3 heterocycles. The molecule has 2 aliphatic rings. The fourth-order valence-corrected chi connectivity index (χ4v) is 3.64. The third-order valence-corrected chi connectivity index (χ3v) is 5.07. The zero-order valence-electron chi connectivity index (χ0n) is 12.2. The Kier molecular flexibility index (Phi) is 3.09. The van der Waals surface area contributed by atoms with E-state index in [9.17, 15) is 13.6 Å². The Labute approximate surface area is 134 Å². The lowest BCUT2D eigenvalue weighted by Crippen LogP contribution is -2.28. The molecule has 1 aliphatic carbocycles. The van der Waals surface area contributed by atoms with Crippen molar-refractivity contribution in [3.05, 3.63) is 17.8 Å². The average molecular weight is 337 g/mol. The number of alkyl halides is 2. The lowest BCUT2D eigenvalue weighted by molar-refractivity contribution is -0.114. The van der Waals surface area contributed by atoms with Crippen molar-refractivity contribution in [2.75, 3.05) is 23.3 Å². The maximum Gasteiger partial charge on any atom is 0.258 e. The minimum Gasteiger partial charge on any atom is -0.340 e. The van der Waals surface area contributed by atoms with Gasteiger partial charge in [0.05, 0.1) is 11.8 Å². The molecule has 1 amide bonds. The van der Waals surface area contributed by atoms with Gasteiger partial charge in [-0.1, -0.05) is 0 Å². The van der Waals surface area contributed by atoms with Crippen molar-refractivity contribution in [2.45, 2.75) is 12.8 Å². The Morgan fingerprint density at radius 3 is 2.61 bits per heavy atom. The standard InChI is InChI=1S/C14H13F2N5OS/c1-7(22)19-11-6-23-12(20-11)8-2-17-13(18-3-8)21-4-9-10(5-21)14(9,15)16/h2-3,6,9-10H,4-5H2,1H3,(H,19,22). The molecule has 2 unspecified atom stereocenters. The largest absolute Gasteiger partial charge is 0.340 e. The molecule has 1 aliphatic heterocycles. The molecule has 2 aromatic rings. The number of anilines is 2. The van der Waals surface area contributed by atoms with Gasteiger partial charge in [-0.15, -0.1) is 11.3 Å². The number of piperidine rings is 1. The summed E-state index contributed by atoms with van der Waals surface area (Å²) in [5.74, 6) is -2.83. The molecule has 2 aromatic heterocycles. The topological polar surface area (TPSA) is 71.0 Å². The van der Waals surface area contributed by atoms with E-state index in [-0.39, 0.29) is 5.91 Å². The number of rotatable bonds is 3. The van der Waals surface area contributed by atoms with Crippen LogP contribution < -0.4 is 10.2 Å². The van der Waals surface area contributed by atoms with Gasteiger partial charge in [0.15, 0.2) is 0 Å². The zero-order chi connectivity index (χ0) is 16.2. The lowest BCUT2D eigenvalue weighted by Gasteiger charge is -2.19. The van der Waals surface area contributed by atoms with Gasteiger partial charge >= 0.3 is 0 Å². The molecule has 1 saturated heterocycles. The highest BCUT2D eigenvalue weighted by atomic mass is 32.1.